The molecule has 0 N–H and O–H groups in total. The van der Waals surface area contributed by atoms with Crippen LogP contribution in [0.25, 0.3) is 10.1 Å². The van der Waals surface area contributed by atoms with E-state index >= 15 is 0 Å². The van der Waals surface area contributed by atoms with Gasteiger partial charge in [0, 0.05) is 16.6 Å². The second-order valence-electron chi connectivity index (χ2n) is 8.78. The lowest BCUT2D eigenvalue weighted by atomic mass is 10.2. The summed E-state index contributed by atoms with van der Waals surface area (Å²) in [4.78, 5) is 2.20. The van der Waals surface area contributed by atoms with Gasteiger partial charge in [-0.3, -0.25) is 4.31 Å². The van der Waals surface area contributed by atoms with E-state index in [-0.39, 0.29) is 18.0 Å². The lowest BCUT2D eigenvalue weighted by Crippen LogP contribution is -2.38. The minimum Gasteiger partial charge on any atom is -0.406 e. The van der Waals surface area contributed by atoms with Gasteiger partial charge in [-0.2, -0.15) is 0 Å². The Labute approximate surface area is 229 Å². The molecule has 0 saturated carbocycles. The Morgan fingerprint density at radius 3 is 2.14 bits per heavy atom. The van der Waals surface area contributed by atoms with E-state index in [1.807, 2.05) is 24.3 Å². The van der Waals surface area contributed by atoms with Crippen molar-refractivity contribution < 1.29 is 26.3 Å². The maximum atomic E-state index is 13.8. The first-order valence-corrected chi connectivity index (χ1v) is 15.5. The number of nitrogens with zero attached hydrogens (tertiary/aromatic N) is 2. The van der Waals surface area contributed by atoms with Crippen LogP contribution in [0, 0.1) is 0 Å². The first-order valence-electron chi connectivity index (χ1n) is 12.3. The van der Waals surface area contributed by atoms with E-state index in [1.165, 1.54) is 39.9 Å². The van der Waals surface area contributed by atoms with Crippen LogP contribution in [0.4, 0.5) is 18.2 Å². The molecule has 0 aliphatic heterocycles. The fraction of sp³-hybridized carbons (Fsp3) is 0.462. The van der Waals surface area contributed by atoms with E-state index in [1.54, 1.807) is 0 Å². The van der Waals surface area contributed by atoms with Gasteiger partial charge in [0.05, 0.1) is 16.8 Å². The molecule has 37 heavy (non-hydrogen) atoms. The number of sulfonamides is 1. The van der Waals surface area contributed by atoms with E-state index in [9.17, 15) is 21.6 Å². The van der Waals surface area contributed by atoms with Crippen LogP contribution >= 0.6 is 27.3 Å². The van der Waals surface area contributed by atoms with Crippen LogP contribution < -0.4 is 9.04 Å². The lowest BCUT2D eigenvalue weighted by Gasteiger charge is -2.27. The minimum atomic E-state index is -4.79. The first kappa shape index (κ1) is 29.7. The Morgan fingerprint density at radius 2 is 1.57 bits per heavy atom. The molecule has 5 nitrogen and oxygen atoms in total. The molecular formula is C26H32BrF3N2O3S2. The molecular weight excluding hydrogens is 589 g/mol. The highest BCUT2D eigenvalue weighted by atomic mass is 79.9. The normalized spacial score (nSPS) is 12.4. The van der Waals surface area contributed by atoms with Crippen LogP contribution in [0.3, 0.4) is 0 Å². The first-order chi connectivity index (χ1) is 17.5. The molecule has 0 aliphatic carbocycles. The van der Waals surface area contributed by atoms with Crippen molar-refractivity contribution in [1.82, 2.24) is 4.90 Å². The fourth-order valence-corrected chi connectivity index (χ4v) is 7.78. The zero-order chi connectivity index (χ0) is 27.1. The van der Waals surface area contributed by atoms with Gasteiger partial charge < -0.3 is 9.64 Å². The van der Waals surface area contributed by atoms with Crippen molar-refractivity contribution in [2.24, 2.45) is 0 Å². The van der Waals surface area contributed by atoms with Crippen molar-refractivity contribution in [3.8, 4) is 5.75 Å². The van der Waals surface area contributed by atoms with Gasteiger partial charge in [0.15, 0.2) is 0 Å². The molecule has 3 aromatic rings. The number of fused-ring (bicyclic) bond motifs is 1. The smallest absolute Gasteiger partial charge is 0.406 e. The van der Waals surface area contributed by atoms with Gasteiger partial charge in [-0.05, 0) is 65.6 Å². The Morgan fingerprint density at radius 1 is 0.946 bits per heavy atom. The van der Waals surface area contributed by atoms with Gasteiger partial charge in [0.25, 0.3) is 0 Å². The minimum absolute atomic E-state index is 0.00995. The number of benzene rings is 2. The second kappa shape index (κ2) is 13.3. The van der Waals surface area contributed by atoms with Crippen LogP contribution in [0.15, 0.2) is 53.0 Å². The van der Waals surface area contributed by atoms with Crippen LogP contribution in [0.5, 0.6) is 5.75 Å². The van der Waals surface area contributed by atoms with Crippen LogP contribution in [0.2, 0.25) is 0 Å². The van der Waals surface area contributed by atoms with Gasteiger partial charge in [-0.15, -0.1) is 24.5 Å². The highest BCUT2D eigenvalue weighted by Crippen LogP contribution is 2.43. The van der Waals surface area contributed by atoms with Gasteiger partial charge >= 0.3 is 6.36 Å². The Bertz CT molecular complexity index is 1240. The molecule has 2 aromatic carbocycles. The molecule has 0 aliphatic rings. The molecule has 0 radical (unpaired) electrons. The van der Waals surface area contributed by atoms with E-state index in [4.69, 9.17) is 0 Å². The van der Waals surface area contributed by atoms with Crippen molar-refractivity contribution in [2.45, 2.75) is 52.4 Å². The Kier molecular flexibility index (Phi) is 10.7. The number of ether oxygens (including phenoxy) is 1. The second-order valence-corrected chi connectivity index (χ2v) is 12.6. The molecule has 204 valence electrons. The number of rotatable bonds is 14. The van der Waals surface area contributed by atoms with Gasteiger partial charge in [-0.1, -0.05) is 57.0 Å². The standard InChI is InChI=1S/C26H32BrF3N2O3S2/c1-3-5-15-31(16-6-4-2)17-18-37(33,34)32(25-24(27)22-9-7-8-10-23(22)36-25)19-20-11-13-21(14-12-20)35-26(28,29)30/h7-14H,3-6,15-19H2,1-2H3. The molecule has 0 saturated heterocycles. The number of alkyl halides is 3. The summed E-state index contributed by atoms with van der Waals surface area (Å²) in [6.45, 7) is 6.32. The predicted molar refractivity (Wildman–Crippen MR) is 149 cm³/mol. The monoisotopic (exact) mass is 620 g/mol. The molecule has 0 bridgehead atoms. The number of hydrogen-bond acceptors (Lipinski definition) is 5. The zero-order valence-electron chi connectivity index (χ0n) is 20.9. The molecule has 0 unspecified atom stereocenters. The molecule has 11 heteroatoms. The van der Waals surface area contributed by atoms with Crippen LogP contribution in [0.1, 0.15) is 45.1 Å². The average Bonchev–Trinajstić information content (AvgIpc) is 3.18. The fourth-order valence-electron chi connectivity index (χ4n) is 3.87. The van der Waals surface area contributed by atoms with Crippen molar-refractivity contribution in [2.75, 3.05) is 29.7 Å². The molecule has 1 heterocycles. The summed E-state index contributed by atoms with van der Waals surface area (Å²) in [5, 5.41) is 1.45. The third-order valence-corrected chi connectivity index (χ3v) is 9.94. The SMILES string of the molecule is CCCCN(CCCC)CCS(=O)(=O)N(Cc1ccc(OC(F)(F)F)cc1)c1sc2ccccc2c1Br. The van der Waals surface area contributed by atoms with Crippen molar-refractivity contribution in [3.63, 3.8) is 0 Å². The van der Waals surface area contributed by atoms with E-state index < -0.39 is 16.4 Å². The van der Waals surface area contributed by atoms with Crippen molar-refractivity contribution in [3.05, 3.63) is 58.6 Å². The number of unbranched alkanes of at least 4 members (excludes halogenated alkanes) is 2. The summed E-state index contributed by atoms with van der Waals surface area (Å²) in [6, 6.07) is 13.0. The molecule has 1 aromatic heterocycles. The lowest BCUT2D eigenvalue weighted by molar-refractivity contribution is -0.274. The summed E-state index contributed by atoms with van der Waals surface area (Å²) in [6.07, 6.45) is -0.724. The van der Waals surface area contributed by atoms with E-state index in [0.717, 1.165) is 48.9 Å². The summed E-state index contributed by atoms with van der Waals surface area (Å²) in [5.41, 5.74) is 0.552. The number of thiophene rings is 1. The molecule has 0 atom stereocenters. The predicted octanol–water partition coefficient (Wildman–Crippen LogP) is 7.80. The maximum Gasteiger partial charge on any atom is 0.573 e. The Balaban J connectivity index is 1.90. The number of halogens is 4. The summed E-state index contributed by atoms with van der Waals surface area (Å²) in [7, 11) is -3.77. The topological polar surface area (TPSA) is 49.9 Å². The quantitative estimate of drug-likeness (QED) is 0.184. The van der Waals surface area contributed by atoms with Gasteiger partial charge in [-0.25, -0.2) is 8.42 Å². The molecule has 0 spiro atoms. The molecule has 0 fully saturated rings. The van der Waals surface area contributed by atoms with Gasteiger partial charge in [0.1, 0.15) is 10.8 Å². The molecule has 3 rings (SSSR count). The third-order valence-electron chi connectivity index (χ3n) is 5.88. The Hall–Kier alpha value is -1.82. The van der Waals surface area contributed by atoms with Crippen molar-refractivity contribution in [1.29, 1.82) is 0 Å². The van der Waals surface area contributed by atoms with Crippen molar-refractivity contribution >= 4 is 52.4 Å². The zero-order valence-corrected chi connectivity index (χ0v) is 24.1. The largest absolute Gasteiger partial charge is 0.573 e. The van der Waals surface area contributed by atoms with Crippen LogP contribution in [-0.4, -0.2) is 45.1 Å². The van der Waals surface area contributed by atoms with Gasteiger partial charge in [0.2, 0.25) is 10.0 Å². The maximum absolute atomic E-state index is 13.8. The molecule has 0 amide bonds. The van der Waals surface area contributed by atoms with Crippen LogP contribution in [-0.2, 0) is 16.6 Å². The highest BCUT2D eigenvalue weighted by molar-refractivity contribution is 9.10. The van der Waals surface area contributed by atoms with E-state index in [2.05, 4.69) is 39.4 Å². The summed E-state index contributed by atoms with van der Waals surface area (Å²) >= 11 is 4.96. The number of hydrogen-bond donors (Lipinski definition) is 0. The number of anilines is 1. The third kappa shape index (κ3) is 8.59. The van der Waals surface area contributed by atoms with E-state index in [0.29, 0.717) is 21.6 Å². The highest BCUT2D eigenvalue weighted by Gasteiger charge is 2.31. The average molecular weight is 622 g/mol. The summed E-state index contributed by atoms with van der Waals surface area (Å²) < 4.78 is 72.2. The summed E-state index contributed by atoms with van der Waals surface area (Å²) in [5.74, 6) is -0.410.